The van der Waals surface area contributed by atoms with E-state index >= 15 is 0 Å². The van der Waals surface area contributed by atoms with Crippen molar-refractivity contribution >= 4 is 11.9 Å². The number of ether oxygens (including phenoxy) is 3. The summed E-state index contributed by atoms with van der Waals surface area (Å²) in [7, 11) is 4.98. The molecule has 0 aliphatic rings. The van der Waals surface area contributed by atoms with Crippen molar-refractivity contribution in [2.75, 3.05) is 21.3 Å². The Morgan fingerprint density at radius 1 is 0.778 bits per heavy atom. The monoisotopic (exact) mass is 377 g/mol. The largest absolute Gasteiger partial charge is 0.496 e. The van der Waals surface area contributed by atoms with Gasteiger partial charge in [-0.2, -0.15) is 0 Å². The highest BCUT2D eigenvalue weighted by Crippen LogP contribution is 2.30. The molecule has 0 bridgehead atoms. The van der Waals surface area contributed by atoms with Gasteiger partial charge >= 0.3 is 11.9 Å². The summed E-state index contributed by atoms with van der Waals surface area (Å²) >= 11 is 0. The third-order valence-corrected chi connectivity index (χ3v) is 3.49. The number of methoxy groups -OCH3 is 3. The van der Waals surface area contributed by atoms with Crippen molar-refractivity contribution in [3.8, 4) is 17.2 Å². The number of para-hydroxylation sites is 2. The van der Waals surface area contributed by atoms with Gasteiger partial charge in [0.25, 0.3) is 0 Å². The maximum Gasteiger partial charge on any atom is 0.414 e. The Kier molecular flexibility index (Phi) is 9.18. The summed E-state index contributed by atoms with van der Waals surface area (Å²) in [6.45, 7) is 1.42. The molecule has 0 aliphatic heterocycles. The van der Waals surface area contributed by atoms with Crippen molar-refractivity contribution in [1.29, 1.82) is 0 Å². The molecule has 0 saturated heterocycles. The van der Waals surface area contributed by atoms with E-state index in [1.807, 2.05) is 36.4 Å². The normalized spacial score (nSPS) is 9.59. The van der Waals surface area contributed by atoms with Gasteiger partial charge in [-0.15, -0.1) is 0 Å². The molecule has 0 heterocycles. The minimum absolute atomic E-state index is 0.693. The van der Waals surface area contributed by atoms with Crippen LogP contribution in [-0.4, -0.2) is 43.5 Å². The van der Waals surface area contributed by atoms with Crippen molar-refractivity contribution in [1.82, 2.24) is 5.32 Å². The van der Waals surface area contributed by atoms with Gasteiger partial charge in [0.15, 0.2) is 11.5 Å². The quantitative estimate of drug-likeness (QED) is 0.629. The molecule has 2 rings (SSSR count). The fourth-order valence-corrected chi connectivity index (χ4v) is 2.27. The molecule has 3 N–H and O–H groups in total. The standard InChI is InChI=1S/C17H21NO3.C2H2O4/c1-19-15-9-5-4-7-13(15)11-18-12-14-8-6-10-16(20-2)17(14)21-3;3-1(4)2(5)6/h4-10,18H,11-12H2,1-3H3;(H,3,4)(H,5,6). The SMILES string of the molecule is COc1ccccc1CNCc1cccc(OC)c1OC.O=C(O)C(=O)O. The zero-order valence-corrected chi connectivity index (χ0v) is 15.4. The Labute approximate surface area is 157 Å². The predicted molar refractivity (Wildman–Crippen MR) is 98.4 cm³/mol. The third kappa shape index (κ3) is 6.87. The number of nitrogens with one attached hydrogen (secondary N) is 1. The van der Waals surface area contributed by atoms with Crippen molar-refractivity contribution in [2.45, 2.75) is 13.1 Å². The number of carboxylic acid groups (broad SMARTS) is 2. The molecule has 8 heteroatoms. The molecule has 0 atom stereocenters. The molecule has 2 aromatic rings. The highest BCUT2D eigenvalue weighted by atomic mass is 16.5. The number of carbonyl (C=O) groups is 2. The average molecular weight is 377 g/mol. The van der Waals surface area contributed by atoms with E-state index in [1.165, 1.54) is 0 Å². The van der Waals surface area contributed by atoms with Crippen LogP contribution < -0.4 is 19.5 Å². The van der Waals surface area contributed by atoms with E-state index in [0.717, 1.165) is 34.9 Å². The molecular weight excluding hydrogens is 354 g/mol. The number of rotatable bonds is 7. The molecular formula is C19H23NO7. The summed E-state index contributed by atoms with van der Waals surface area (Å²) in [6, 6.07) is 13.9. The molecule has 0 aromatic heterocycles. The number of carboxylic acids is 2. The highest BCUT2D eigenvalue weighted by Gasteiger charge is 2.09. The van der Waals surface area contributed by atoms with Crippen LogP contribution in [0.4, 0.5) is 0 Å². The van der Waals surface area contributed by atoms with Gasteiger partial charge in [-0.05, 0) is 12.1 Å². The van der Waals surface area contributed by atoms with Crippen LogP contribution in [0.15, 0.2) is 42.5 Å². The number of hydrogen-bond acceptors (Lipinski definition) is 6. The zero-order valence-electron chi connectivity index (χ0n) is 15.4. The second-order valence-corrected chi connectivity index (χ2v) is 5.18. The van der Waals surface area contributed by atoms with E-state index in [-0.39, 0.29) is 0 Å². The Morgan fingerprint density at radius 2 is 1.30 bits per heavy atom. The van der Waals surface area contributed by atoms with E-state index < -0.39 is 11.9 Å². The summed E-state index contributed by atoms with van der Waals surface area (Å²) in [5.74, 6) is -1.24. The minimum atomic E-state index is -1.82. The molecule has 0 fully saturated rings. The Bertz CT molecular complexity index is 749. The number of aliphatic carboxylic acids is 2. The van der Waals surface area contributed by atoms with Crippen molar-refractivity contribution in [2.24, 2.45) is 0 Å². The van der Waals surface area contributed by atoms with Gasteiger partial charge in [0.05, 0.1) is 21.3 Å². The van der Waals surface area contributed by atoms with E-state index in [9.17, 15) is 0 Å². The summed E-state index contributed by atoms with van der Waals surface area (Å²) in [5, 5.41) is 18.2. The lowest BCUT2D eigenvalue weighted by Gasteiger charge is -2.14. The second-order valence-electron chi connectivity index (χ2n) is 5.18. The molecule has 0 radical (unpaired) electrons. The lowest BCUT2D eigenvalue weighted by Crippen LogP contribution is -2.14. The summed E-state index contributed by atoms with van der Waals surface area (Å²) < 4.78 is 16.1. The molecule has 0 saturated carbocycles. The van der Waals surface area contributed by atoms with Gasteiger partial charge in [-0.3, -0.25) is 0 Å². The fraction of sp³-hybridized carbons (Fsp3) is 0.263. The van der Waals surface area contributed by atoms with Gasteiger partial charge in [-0.1, -0.05) is 30.3 Å². The van der Waals surface area contributed by atoms with E-state index in [4.69, 9.17) is 34.0 Å². The molecule has 0 amide bonds. The molecule has 0 spiro atoms. The second kappa shape index (κ2) is 11.4. The molecule has 146 valence electrons. The van der Waals surface area contributed by atoms with Crippen LogP contribution in [0, 0.1) is 0 Å². The van der Waals surface area contributed by atoms with Crippen LogP contribution in [0.1, 0.15) is 11.1 Å². The summed E-state index contributed by atoms with van der Waals surface area (Å²) in [4.78, 5) is 18.2. The summed E-state index contributed by atoms with van der Waals surface area (Å²) in [5.41, 5.74) is 2.19. The smallest absolute Gasteiger partial charge is 0.414 e. The molecule has 27 heavy (non-hydrogen) atoms. The van der Waals surface area contributed by atoms with Crippen molar-refractivity contribution in [3.05, 3.63) is 53.6 Å². The first-order valence-electron chi connectivity index (χ1n) is 7.93. The van der Waals surface area contributed by atoms with E-state index in [2.05, 4.69) is 11.4 Å². The van der Waals surface area contributed by atoms with Crippen LogP contribution in [0.3, 0.4) is 0 Å². The van der Waals surface area contributed by atoms with Crippen LogP contribution in [-0.2, 0) is 22.7 Å². The first kappa shape index (κ1) is 21.8. The molecule has 0 unspecified atom stereocenters. The average Bonchev–Trinajstić information content (AvgIpc) is 2.68. The van der Waals surface area contributed by atoms with Gasteiger partial charge in [-0.25, -0.2) is 9.59 Å². The van der Waals surface area contributed by atoms with Crippen LogP contribution in [0.2, 0.25) is 0 Å². The highest BCUT2D eigenvalue weighted by molar-refractivity contribution is 6.27. The van der Waals surface area contributed by atoms with Crippen LogP contribution >= 0.6 is 0 Å². The minimum Gasteiger partial charge on any atom is -0.496 e. The molecule has 8 nitrogen and oxygen atoms in total. The first-order chi connectivity index (χ1) is 12.9. The van der Waals surface area contributed by atoms with Gasteiger partial charge in [0, 0.05) is 24.2 Å². The molecule has 0 aliphatic carbocycles. The number of hydrogen-bond donors (Lipinski definition) is 3. The van der Waals surface area contributed by atoms with Crippen LogP contribution in [0.5, 0.6) is 17.2 Å². The lowest BCUT2D eigenvalue weighted by atomic mass is 10.1. The van der Waals surface area contributed by atoms with Crippen molar-refractivity contribution in [3.63, 3.8) is 0 Å². The first-order valence-corrected chi connectivity index (χ1v) is 7.93. The van der Waals surface area contributed by atoms with E-state index in [0.29, 0.717) is 6.54 Å². The number of benzene rings is 2. The lowest BCUT2D eigenvalue weighted by molar-refractivity contribution is -0.159. The zero-order chi connectivity index (χ0) is 20.2. The predicted octanol–water partition coefficient (Wildman–Crippen LogP) is 2.16. The van der Waals surface area contributed by atoms with Gasteiger partial charge in [0.2, 0.25) is 0 Å². The van der Waals surface area contributed by atoms with Crippen molar-refractivity contribution < 1.29 is 34.0 Å². The Balaban J connectivity index is 0.000000527. The molecule has 2 aromatic carbocycles. The Hall–Kier alpha value is -3.26. The maximum absolute atomic E-state index is 9.10. The van der Waals surface area contributed by atoms with Gasteiger partial charge < -0.3 is 29.7 Å². The fourth-order valence-electron chi connectivity index (χ4n) is 2.27. The van der Waals surface area contributed by atoms with E-state index in [1.54, 1.807) is 21.3 Å². The maximum atomic E-state index is 9.10. The van der Waals surface area contributed by atoms with Crippen LogP contribution in [0.25, 0.3) is 0 Å². The summed E-state index contributed by atoms with van der Waals surface area (Å²) in [6.07, 6.45) is 0. The van der Waals surface area contributed by atoms with Gasteiger partial charge in [0.1, 0.15) is 5.75 Å². The topological polar surface area (TPSA) is 114 Å². The Morgan fingerprint density at radius 3 is 1.85 bits per heavy atom. The third-order valence-electron chi connectivity index (χ3n) is 3.49.